The van der Waals surface area contributed by atoms with Crippen LogP contribution in [-0.4, -0.2) is 47.6 Å². The molecule has 8 heteroatoms. The second kappa shape index (κ2) is 9.96. The fourth-order valence-electron chi connectivity index (χ4n) is 3.54. The lowest BCUT2D eigenvalue weighted by Gasteiger charge is -2.18. The Labute approximate surface area is 182 Å². The molecule has 0 spiro atoms. The number of carbonyl (C=O) groups is 1. The fourth-order valence-corrected chi connectivity index (χ4v) is 3.54. The van der Waals surface area contributed by atoms with E-state index in [1.165, 1.54) is 0 Å². The molecule has 0 radical (unpaired) electrons. The van der Waals surface area contributed by atoms with E-state index >= 15 is 0 Å². The highest BCUT2D eigenvalue weighted by atomic mass is 16.2. The number of amides is 1. The molecule has 0 aliphatic carbocycles. The van der Waals surface area contributed by atoms with Crippen molar-refractivity contribution in [2.75, 3.05) is 37.4 Å². The third-order valence-corrected chi connectivity index (χ3v) is 4.98. The summed E-state index contributed by atoms with van der Waals surface area (Å²) in [5, 5.41) is 8.17. The molecule has 3 aromatic rings. The number of pyridine rings is 1. The predicted molar refractivity (Wildman–Crippen MR) is 125 cm³/mol. The zero-order chi connectivity index (χ0) is 22.4. The molecule has 0 aliphatic heterocycles. The number of fused-ring (bicyclic) bond motifs is 1. The van der Waals surface area contributed by atoms with Crippen LogP contribution in [0.4, 0.5) is 11.8 Å². The molecule has 0 atom stereocenters. The Hall–Kier alpha value is -3.57. The molecule has 4 N–H and O–H groups in total. The van der Waals surface area contributed by atoms with Gasteiger partial charge < -0.3 is 21.3 Å². The van der Waals surface area contributed by atoms with Crippen LogP contribution in [0, 0.1) is 18.8 Å². The third-order valence-electron chi connectivity index (χ3n) is 4.98. The van der Waals surface area contributed by atoms with Gasteiger partial charge in [-0.05, 0) is 25.3 Å². The van der Waals surface area contributed by atoms with Crippen LogP contribution in [0.15, 0.2) is 30.3 Å². The van der Waals surface area contributed by atoms with Crippen LogP contribution < -0.4 is 21.3 Å². The van der Waals surface area contributed by atoms with E-state index in [0.29, 0.717) is 43.6 Å². The molecule has 31 heavy (non-hydrogen) atoms. The summed E-state index contributed by atoms with van der Waals surface area (Å²) in [5.74, 6) is 6.82. The van der Waals surface area contributed by atoms with Gasteiger partial charge in [0.1, 0.15) is 0 Å². The first-order valence-electron chi connectivity index (χ1n) is 10.2. The van der Waals surface area contributed by atoms with Crippen molar-refractivity contribution in [1.29, 1.82) is 0 Å². The summed E-state index contributed by atoms with van der Waals surface area (Å²) in [6.45, 7) is 5.47. The second-order valence-electron chi connectivity index (χ2n) is 7.20. The number of imidazole rings is 1. The van der Waals surface area contributed by atoms with Crippen molar-refractivity contribution in [2.24, 2.45) is 5.73 Å². The fraction of sp³-hybridized carbons (Fsp3) is 0.348. The van der Waals surface area contributed by atoms with E-state index < -0.39 is 0 Å². The number of benzene rings is 1. The highest BCUT2D eigenvalue weighted by Gasteiger charge is 2.24. The number of hydrogen-bond acceptors (Lipinski definition) is 6. The normalized spacial score (nSPS) is 10.5. The number of hydrogen-bond donors (Lipinski definition) is 3. The molecule has 0 aliphatic rings. The predicted octanol–water partition coefficient (Wildman–Crippen LogP) is 2.13. The van der Waals surface area contributed by atoms with Crippen LogP contribution in [-0.2, 0) is 13.1 Å². The van der Waals surface area contributed by atoms with Gasteiger partial charge in [-0.2, -0.15) is 4.98 Å². The third kappa shape index (κ3) is 4.78. The van der Waals surface area contributed by atoms with Crippen LogP contribution in [0.25, 0.3) is 10.8 Å². The van der Waals surface area contributed by atoms with E-state index in [4.69, 9.17) is 5.73 Å². The van der Waals surface area contributed by atoms with E-state index in [1.807, 2.05) is 53.8 Å². The van der Waals surface area contributed by atoms with Gasteiger partial charge in [0.15, 0.2) is 11.5 Å². The summed E-state index contributed by atoms with van der Waals surface area (Å²) in [4.78, 5) is 24.4. The first-order chi connectivity index (χ1) is 15.0. The van der Waals surface area contributed by atoms with Crippen LogP contribution in [0.1, 0.15) is 28.8 Å². The van der Waals surface area contributed by atoms with Crippen LogP contribution in [0.3, 0.4) is 0 Å². The van der Waals surface area contributed by atoms with Gasteiger partial charge >= 0.3 is 0 Å². The molecule has 0 fully saturated rings. The maximum absolute atomic E-state index is 13.3. The highest BCUT2D eigenvalue weighted by Crippen LogP contribution is 2.24. The van der Waals surface area contributed by atoms with Crippen molar-refractivity contribution in [3.8, 4) is 11.8 Å². The maximum atomic E-state index is 13.3. The number of carbonyl (C=O) groups excluding carboxylic acids is 1. The van der Waals surface area contributed by atoms with E-state index in [2.05, 4.69) is 32.4 Å². The van der Waals surface area contributed by atoms with Gasteiger partial charge in [-0.3, -0.25) is 14.3 Å². The molecule has 162 valence electrons. The first-order valence-corrected chi connectivity index (χ1v) is 10.2. The standard InChI is InChI=1S/C23H29N7O/c1-5-6-12-30-20(21(25-3)28-23(30)29(4)13-11-24)22(31)26-15-19-18-10-8-7-9-17(18)14-16(2)27-19/h7-10,14,25H,11-13,15,24H2,1-4H3,(H,26,31). The Morgan fingerprint density at radius 2 is 2.06 bits per heavy atom. The van der Waals surface area contributed by atoms with Crippen molar-refractivity contribution in [2.45, 2.75) is 26.9 Å². The Bertz CT molecular complexity index is 1140. The molecule has 3 rings (SSSR count). The van der Waals surface area contributed by atoms with Gasteiger partial charge in [0.25, 0.3) is 5.91 Å². The number of likely N-dealkylation sites (N-methyl/N-ethyl adjacent to an activating group) is 1. The smallest absolute Gasteiger partial charge is 0.272 e. The second-order valence-corrected chi connectivity index (χ2v) is 7.20. The zero-order valence-corrected chi connectivity index (χ0v) is 18.5. The Kier molecular flexibility index (Phi) is 7.11. The van der Waals surface area contributed by atoms with E-state index in [-0.39, 0.29) is 5.91 Å². The van der Waals surface area contributed by atoms with Crippen molar-refractivity contribution in [1.82, 2.24) is 19.9 Å². The lowest BCUT2D eigenvalue weighted by molar-refractivity contribution is 0.0943. The van der Waals surface area contributed by atoms with E-state index in [1.54, 1.807) is 14.0 Å². The Morgan fingerprint density at radius 3 is 2.77 bits per heavy atom. The van der Waals surface area contributed by atoms with Crippen LogP contribution in [0.5, 0.6) is 0 Å². The molecule has 1 aromatic carbocycles. The minimum atomic E-state index is -0.241. The highest BCUT2D eigenvalue weighted by molar-refractivity contribution is 5.98. The molecule has 0 bridgehead atoms. The number of nitrogens with zero attached hydrogens (tertiary/aromatic N) is 4. The molecule has 0 unspecified atom stereocenters. The van der Waals surface area contributed by atoms with Crippen molar-refractivity contribution < 1.29 is 4.79 Å². The summed E-state index contributed by atoms with van der Waals surface area (Å²) in [7, 11) is 3.65. The molecule has 1 amide bonds. The number of anilines is 2. The summed E-state index contributed by atoms with van der Waals surface area (Å²) < 4.78 is 1.81. The largest absolute Gasteiger partial charge is 0.371 e. The van der Waals surface area contributed by atoms with Gasteiger partial charge in [0.2, 0.25) is 5.95 Å². The maximum Gasteiger partial charge on any atom is 0.272 e. The molecular weight excluding hydrogens is 390 g/mol. The SMILES string of the molecule is CC#CCn1c(N(C)CCN)nc(NC)c1C(=O)NCc1nc(C)cc2ccccc12. The van der Waals surface area contributed by atoms with Gasteiger partial charge in [-0.25, -0.2) is 0 Å². The summed E-state index contributed by atoms with van der Waals surface area (Å²) >= 11 is 0. The lowest BCUT2D eigenvalue weighted by Crippen LogP contribution is -2.30. The minimum Gasteiger partial charge on any atom is -0.371 e. The van der Waals surface area contributed by atoms with Gasteiger partial charge in [-0.15, -0.1) is 5.92 Å². The molecule has 2 aromatic heterocycles. The first kappa shape index (κ1) is 22.1. The van der Waals surface area contributed by atoms with Crippen molar-refractivity contribution in [3.63, 3.8) is 0 Å². The topological polar surface area (TPSA) is 101 Å². The number of nitrogens with one attached hydrogen (secondary N) is 2. The monoisotopic (exact) mass is 419 g/mol. The van der Waals surface area contributed by atoms with E-state index in [0.717, 1.165) is 22.2 Å². The van der Waals surface area contributed by atoms with Crippen molar-refractivity contribution in [3.05, 3.63) is 47.4 Å². The molecule has 2 heterocycles. The summed E-state index contributed by atoms with van der Waals surface area (Å²) in [6, 6.07) is 10.1. The van der Waals surface area contributed by atoms with Crippen LogP contribution in [0.2, 0.25) is 0 Å². The average Bonchev–Trinajstić information content (AvgIpc) is 3.14. The van der Waals surface area contributed by atoms with Gasteiger partial charge in [0, 0.05) is 38.3 Å². The summed E-state index contributed by atoms with van der Waals surface area (Å²) in [6.07, 6.45) is 0. The molecule has 8 nitrogen and oxygen atoms in total. The molecule has 0 saturated heterocycles. The minimum absolute atomic E-state index is 0.241. The van der Waals surface area contributed by atoms with Gasteiger partial charge in [-0.1, -0.05) is 30.2 Å². The number of aromatic nitrogens is 3. The average molecular weight is 420 g/mol. The lowest BCUT2D eigenvalue weighted by atomic mass is 10.1. The molecule has 0 saturated carbocycles. The molecular formula is C23H29N7O. The summed E-state index contributed by atoms with van der Waals surface area (Å²) in [5.41, 5.74) is 7.89. The Balaban J connectivity index is 1.94. The van der Waals surface area contributed by atoms with E-state index in [9.17, 15) is 4.79 Å². The quantitative estimate of drug-likeness (QED) is 0.484. The van der Waals surface area contributed by atoms with Gasteiger partial charge in [0.05, 0.1) is 18.8 Å². The number of nitrogens with two attached hydrogens (primary N) is 1. The number of aryl methyl sites for hydroxylation is 1. The number of rotatable bonds is 8. The Morgan fingerprint density at radius 1 is 1.29 bits per heavy atom. The van der Waals surface area contributed by atoms with Crippen LogP contribution >= 0.6 is 0 Å². The zero-order valence-electron chi connectivity index (χ0n) is 18.5. The van der Waals surface area contributed by atoms with Crippen molar-refractivity contribution >= 4 is 28.4 Å².